The van der Waals surface area contributed by atoms with Gasteiger partial charge >= 0.3 is 0 Å². The Hall–Kier alpha value is -2.34. The Kier molecular flexibility index (Phi) is 4.93. The van der Waals surface area contributed by atoms with E-state index >= 15 is 0 Å². The molecule has 6 heteroatoms. The Labute approximate surface area is 157 Å². The Morgan fingerprint density at radius 1 is 1.12 bits per heavy atom. The number of thioether (sulfide) groups is 1. The van der Waals surface area contributed by atoms with Gasteiger partial charge in [-0.15, -0.1) is 11.8 Å². The molecule has 0 amide bonds. The molecule has 1 fully saturated rings. The van der Waals surface area contributed by atoms with E-state index in [1.807, 2.05) is 30.7 Å². The molecule has 1 aliphatic carbocycles. The number of H-pyrrole nitrogens is 1. The number of nitrogens with zero attached hydrogens (tertiary/aromatic N) is 3. The van der Waals surface area contributed by atoms with Crippen LogP contribution in [0.25, 0.3) is 22.6 Å². The molecule has 3 N–H and O–H groups in total. The minimum Gasteiger partial charge on any atom is -0.384 e. The van der Waals surface area contributed by atoms with Crippen molar-refractivity contribution in [1.82, 2.24) is 19.9 Å². The van der Waals surface area contributed by atoms with E-state index in [4.69, 9.17) is 10.7 Å². The van der Waals surface area contributed by atoms with E-state index in [0.29, 0.717) is 11.7 Å². The van der Waals surface area contributed by atoms with Crippen molar-refractivity contribution >= 4 is 17.6 Å². The van der Waals surface area contributed by atoms with Crippen LogP contribution >= 0.6 is 11.8 Å². The third kappa shape index (κ3) is 3.46. The summed E-state index contributed by atoms with van der Waals surface area (Å²) in [4.78, 5) is 18.0. The fourth-order valence-corrected chi connectivity index (χ4v) is 4.05. The van der Waals surface area contributed by atoms with E-state index in [2.05, 4.69) is 27.3 Å². The molecule has 3 heterocycles. The monoisotopic (exact) mass is 365 g/mol. The SMILES string of the molecule is CSc1cncc(-c2ccnc(-c3nc(C4CCCCC4)c(N)[nH]3)c2)c1. The molecule has 0 saturated heterocycles. The van der Waals surface area contributed by atoms with Crippen LogP contribution in [0.5, 0.6) is 0 Å². The van der Waals surface area contributed by atoms with E-state index in [0.717, 1.165) is 33.2 Å². The molecule has 0 radical (unpaired) electrons. The van der Waals surface area contributed by atoms with Gasteiger partial charge in [-0.1, -0.05) is 19.3 Å². The predicted octanol–water partition coefficient (Wildman–Crippen LogP) is 4.89. The molecule has 4 rings (SSSR count). The first kappa shape index (κ1) is 17.1. The van der Waals surface area contributed by atoms with E-state index in [1.54, 1.807) is 11.8 Å². The van der Waals surface area contributed by atoms with Crippen molar-refractivity contribution in [3.05, 3.63) is 42.5 Å². The number of imidazole rings is 1. The van der Waals surface area contributed by atoms with Crippen molar-refractivity contribution in [2.24, 2.45) is 0 Å². The number of aromatic nitrogens is 4. The van der Waals surface area contributed by atoms with Gasteiger partial charge in [-0.3, -0.25) is 9.97 Å². The zero-order valence-corrected chi connectivity index (χ0v) is 15.7. The number of rotatable bonds is 4. The average Bonchev–Trinajstić information content (AvgIpc) is 3.10. The number of nitrogen functional groups attached to an aromatic ring is 1. The van der Waals surface area contributed by atoms with Gasteiger partial charge in [0.25, 0.3) is 0 Å². The lowest BCUT2D eigenvalue weighted by molar-refractivity contribution is 0.439. The van der Waals surface area contributed by atoms with Crippen LogP contribution in [0.4, 0.5) is 5.82 Å². The van der Waals surface area contributed by atoms with Crippen LogP contribution in [-0.4, -0.2) is 26.2 Å². The number of pyridine rings is 2. The number of nitrogens with two attached hydrogens (primary N) is 1. The van der Waals surface area contributed by atoms with Crippen LogP contribution in [-0.2, 0) is 0 Å². The zero-order valence-electron chi connectivity index (χ0n) is 14.9. The van der Waals surface area contributed by atoms with Gasteiger partial charge in [-0.05, 0) is 42.9 Å². The molecule has 0 bridgehead atoms. The van der Waals surface area contributed by atoms with Gasteiger partial charge in [0, 0.05) is 35.0 Å². The fourth-order valence-electron chi connectivity index (χ4n) is 3.64. The molecular weight excluding hydrogens is 342 g/mol. The highest BCUT2D eigenvalue weighted by molar-refractivity contribution is 7.98. The van der Waals surface area contributed by atoms with Gasteiger partial charge < -0.3 is 10.7 Å². The quantitative estimate of drug-likeness (QED) is 0.644. The maximum atomic E-state index is 6.24. The molecule has 134 valence electrons. The highest BCUT2D eigenvalue weighted by Crippen LogP contribution is 2.35. The summed E-state index contributed by atoms with van der Waals surface area (Å²) < 4.78 is 0. The van der Waals surface area contributed by atoms with Gasteiger partial charge in [0.1, 0.15) is 11.5 Å². The van der Waals surface area contributed by atoms with Crippen molar-refractivity contribution in [2.75, 3.05) is 12.0 Å². The number of anilines is 1. The van der Waals surface area contributed by atoms with Crippen LogP contribution in [0.1, 0.15) is 43.7 Å². The van der Waals surface area contributed by atoms with Gasteiger partial charge in [-0.2, -0.15) is 0 Å². The molecular formula is C20H23N5S. The van der Waals surface area contributed by atoms with Gasteiger partial charge in [-0.25, -0.2) is 4.98 Å². The van der Waals surface area contributed by atoms with E-state index in [-0.39, 0.29) is 0 Å². The highest BCUT2D eigenvalue weighted by Gasteiger charge is 2.22. The largest absolute Gasteiger partial charge is 0.384 e. The first-order chi connectivity index (χ1) is 12.7. The Balaban J connectivity index is 1.66. The third-order valence-electron chi connectivity index (χ3n) is 5.04. The van der Waals surface area contributed by atoms with Gasteiger partial charge in [0.05, 0.1) is 5.69 Å². The van der Waals surface area contributed by atoms with E-state index < -0.39 is 0 Å². The summed E-state index contributed by atoms with van der Waals surface area (Å²) in [5.74, 6) is 1.91. The standard InChI is InChI=1S/C20H23N5S/c1-26-16-9-15(11-22-12-16)14-7-8-23-17(10-14)20-24-18(19(21)25-20)13-5-3-2-4-6-13/h7-13H,2-6,21H2,1H3,(H,24,25). The zero-order chi connectivity index (χ0) is 17.9. The van der Waals surface area contributed by atoms with Crippen molar-refractivity contribution in [1.29, 1.82) is 0 Å². The molecule has 3 aromatic heterocycles. The first-order valence-electron chi connectivity index (χ1n) is 9.06. The highest BCUT2D eigenvalue weighted by atomic mass is 32.2. The Morgan fingerprint density at radius 3 is 2.77 bits per heavy atom. The molecule has 26 heavy (non-hydrogen) atoms. The lowest BCUT2D eigenvalue weighted by atomic mass is 9.87. The maximum absolute atomic E-state index is 6.24. The molecule has 1 aliphatic rings. The minimum absolute atomic E-state index is 0.472. The summed E-state index contributed by atoms with van der Waals surface area (Å²) in [5.41, 5.74) is 10.2. The summed E-state index contributed by atoms with van der Waals surface area (Å²) in [6, 6.07) is 6.18. The first-order valence-corrected chi connectivity index (χ1v) is 10.3. The summed E-state index contributed by atoms with van der Waals surface area (Å²) >= 11 is 1.69. The topological polar surface area (TPSA) is 80.5 Å². The van der Waals surface area contributed by atoms with Crippen LogP contribution in [0.15, 0.2) is 41.7 Å². The van der Waals surface area contributed by atoms with Gasteiger partial charge in [0.15, 0.2) is 5.82 Å². The van der Waals surface area contributed by atoms with Crippen molar-refractivity contribution in [3.63, 3.8) is 0 Å². The summed E-state index contributed by atoms with van der Waals surface area (Å²) in [7, 11) is 0. The number of nitrogens with one attached hydrogen (secondary N) is 1. The second-order valence-corrected chi connectivity index (χ2v) is 7.64. The van der Waals surface area contributed by atoms with Crippen LogP contribution in [0.2, 0.25) is 0 Å². The molecule has 5 nitrogen and oxygen atoms in total. The normalized spacial score (nSPS) is 15.3. The third-order valence-corrected chi connectivity index (χ3v) is 5.73. The summed E-state index contributed by atoms with van der Waals surface area (Å²) in [6.45, 7) is 0. The van der Waals surface area contributed by atoms with Crippen LogP contribution < -0.4 is 5.73 Å². The molecule has 0 atom stereocenters. The fraction of sp³-hybridized carbons (Fsp3) is 0.350. The number of hydrogen-bond acceptors (Lipinski definition) is 5. The summed E-state index contributed by atoms with van der Waals surface area (Å²) in [5, 5.41) is 0. The molecule has 1 saturated carbocycles. The van der Waals surface area contributed by atoms with Crippen molar-refractivity contribution in [3.8, 4) is 22.6 Å². The predicted molar refractivity (Wildman–Crippen MR) is 107 cm³/mol. The lowest BCUT2D eigenvalue weighted by Gasteiger charge is -2.19. The molecule has 0 spiro atoms. The molecule has 0 aliphatic heterocycles. The maximum Gasteiger partial charge on any atom is 0.157 e. The Morgan fingerprint density at radius 2 is 1.96 bits per heavy atom. The smallest absolute Gasteiger partial charge is 0.157 e. The van der Waals surface area contributed by atoms with Gasteiger partial charge in [0.2, 0.25) is 0 Å². The number of hydrogen-bond donors (Lipinski definition) is 2. The molecule has 0 unspecified atom stereocenters. The Bertz CT molecular complexity index is 899. The second-order valence-electron chi connectivity index (χ2n) is 6.76. The minimum atomic E-state index is 0.472. The van der Waals surface area contributed by atoms with E-state index in [9.17, 15) is 0 Å². The molecule has 3 aromatic rings. The molecule has 0 aromatic carbocycles. The van der Waals surface area contributed by atoms with Crippen molar-refractivity contribution < 1.29 is 0 Å². The number of aromatic amines is 1. The summed E-state index contributed by atoms with van der Waals surface area (Å²) in [6.07, 6.45) is 13.8. The van der Waals surface area contributed by atoms with E-state index in [1.165, 1.54) is 32.1 Å². The second kappa shape index (κ2) is 7.50. The van der Waals surface area contributed by atoms with Crippen LogP contribution in [0.3, 0.4) is 0 Å². The van der Waals surface area contributed by atoms with Crippen LogP contribution in [0, 0.1) is 0 Å². The lowest BCUT2D eigenvalue weighted by Crippen LogP contribution is -2.07. The van der Waals surface area contributed by atoms with Crippen molar-refractivity contribution in [2.45, 2.75) is 42.9 Å². The average molecular weight is 366 g/mol.